The van der Waals surface area contributed by atoms with Gasteiger partial charge in [0.15, 0.2) is 0 Å². The molecule has 2 aliphatic heterocycles. The molecule has 3 heteroatoms. The molecule has 0 spiro atoms. The monoisotopic (exact) mass is 182 g/mol. The minimum Gasteiger partial charge on any atom is -0.341 e. The average molecular weight is 182 g/mol. The number of likely N-dealkylation sites (tertiary alicyclic amines) is 1. The zero-order valence-corrected chi connectivity index (χ0v) is 8.09. The lowest BCUT2D eigenvalue weighted by Gasteiger charge is -2.26. The van der Waals surface area contributed by atoms with Crippen molar-refractivity contribution in [3.8, 4) is 0 Å². The molecule has 2 rings (SSSR count). The Hall–Kier alpha value is -0.570. The van der Waals surface area contributed by atoms with Crippen LogP contribution in [-0.2, 0) is 4.79 Å². The first-order chi connectivity index (χ1) is 6.38. The van der Waals surface area contributed by atoms with Crippen molar-refractivity contribution in [3.63, 3.8) is 0 Å². The summed E-state index contributed by atoms with van der Waals surface area (Å²) in [5.41, 5.74) is 0. The number of hydrogen-bond acceptors (Lipinski definition) is 2. The smallest absolute Gasteiger partial charge is 0.239 e. The third-order valence-electron chi connectivity index (χ3n) is 3.03. The van der Waals surface area contributed by atoms with Crippen LogP contribution in [0, 0.1) is 0 Å². The molecule has 74 valence electrons. The van der Waals surface area contributed by atoms with Crippen LogP contribution >= 0.6 is 0 Å². The van der Waals surface area contributed by atoms with Gasteiger partial charge >= 0.3 is 0 Å². The Balaban J connectivity index is 1.87. The number of piperidine rings is 1. The van der Waals surface area contributed by atoms with Crippen molar-refractivity contribution in [1.29, 1.82) is 0 Å². The minimum absolute atomic E-state index is 0.131. The Bertz CT molecular complexity index is 181. The molecule has 0 saturated carbocycles. The van der Waals surface area contributed by atoms with E-state index in [2.05, 4.69) is 5.32 Å². The summed E-state index contributed by atoms with van der Waals surface area (Å²) in [6.07, 6.45) is 5.85. The Kier molecular flexibility index (Phi) is 2.83. The summed E-state index contributed by atoms with van der Waals surface area (Å²) in [6, 6.07) is 0.131. The van der Waals surface area contributed by atoms with Crippen LogP contribution in [0.2, 0.25) is 0 Å². The fourth-order valence-electron chi connectivity index (χ4n) is 2.22. The molecule has 0 bridgehead atoms. The molecule has 0 aromatic rings. The molecule has 2 heterocycles. The maximum absolute atomic E-state index is 11.9. The lowest BCUT2D eigenvalue weighted by atomic mass is 10.0. The van der Waals surface area contributed by atoms with Crippen molar-refractivity contribution in [2.24, 2.45) is 0 Å². The van der Waals surface area contributed by atoms with Gasteiger partial charge in [-0.2, -0.15) is 0 Å². The quantitative estimate of drug-likeness (QED) is 0.649. The van der Waals surface area contributed by atoms with Crippen LogP contribution < -0.4 is 5.32 Å². The highest BCUT2D eigenvalue weighted by Gasteiger charge is 2.26. The fourth-order valence-corrected chi connectivity index (χ4v) is 2.22. The predicted octanol–water partition coefficient (Wildman–Crippen LogP) is 0.751. The molecule has 1 N–H and O–H groups in total. The Morgan fingerprint density at radius 3 is 2.54 bits per heavy atom. The molecule has 2 aliphatic rings. The summed E-state index contributed by atoms with van der Waals surface area (Å²) >= 11 is 0. The van der Waals surface area contributed by atoms with E-state index in [1.165, 1.54) is 25.7 Å². The van der Waals surface area contributed by atoms with Gasteiger partial charge in [-0.25, -0.2) is 0 Å². The van der Waals surface area contributed by atoms with Gasteiger partial charge in [0.2, 0.25) is 5.91 Å². The van der Waals surface area contributed by atoms with E-state index in [0.717, 1.165) is 26.1 Å². The van der Waals surface area contributed by atoms with Crippen molar-refractivity contribution in [2.75, 3.05) is 19.6 Å². The first-order valence-electron chi connectivity index (χ1n) is 5.40. The second-order valence-electron chi connectivity index (χ2n) is 4.03. The summed E-state index contributed by atoms with van der Waals surface area (Å²) in [7, 11) is 0. The Morgan fingerprint density at radius 1 is 1.15 bits per heavy atom. The highest BCUT2D eigenvalue weighted by atomic mass is 16.2. The number of carbonyl (C=O) groups is 1. The maximum atomic E-state index is 11.9. The maximum Gasteiger partial charge on any atom is 0.239 e. The van der Waals surface area contributed by atoms with Gasteiger partial charge in [0.1, 0.15) is 0 Å². The molecule has 3 nitrogen and oxygen atoms in total. The summed E-state index contributed by atoms with van der Waals surface area (Å²) in [5, 5.41) is 3.30. The lowest BCUT2D eigenvalue weighted by molar-refractivity contribution is -0.132. The van der Waals surface area contributed by atoms with Crippen LogP contribution in [-0.4, -0.2) is 36.5 Å². The van der Waals surface area contributed by atoms with E-state index in [-0.39, 0.29) is 6.04 Å². The molecular weight excluding hydrogens is 164 g/mol. The van der Waals surface area contributed by atoms with Gasteiger partial charge in [-0.15, -0.1) is 0 Å². The van der Waals surface area contributed by atoms with E-state index in [1.54, 1.807) is 0 Å². The normalized spacial score (nSPS) is 29.2. The molecule has 1 atom stereocenters. The van der Waals surface area contributed by atoms with Gasteiger partial charge in [0.25, 0.3) is 0 Å². The van der Waals surface area contributed by atoms with Crippen LogP contribution in [0.5, 0.6) is 0 Å². The first kappa shape index (κ1) is 9.00. The summed E-state index contributed by atoms with van der Waals surface area (Å²) in [5.74, 6) is 0.345. The topological polar surface area (TPSA) is 32.3 Å². The minimum atomic E-state index is 0.131. The van der Waals surface area contributed by atoms with Gasteiger partial charge in [0, 0.05) is 13.1 Å². The highest BCUT2D eigenvalue weighted by molar-refractivity contribution is 5.82. The van der Waals surface area contributed by atoms with E-state index in [0.29, 0.717) is 5.91 Å². The summed E-state index contributed by atoms with van der Waals surface area (Å²) < 4.78 is 0. The van der Waals surface area contributed by atoms with E-state index >= 15 is 0 Å². The molecule has 0 aliphatic carbocycles. The third-order valence-corrected chi connectivity index (χ3v) is 3.03. The summed E-state index contributed by atoms with van der Waals surface area (Å²) in [4.78, 5) is 13.9. The van der Waals surface area contributed by atoms with Gasteiger partial charge in [-0.3, -0.25) is 4.79 Å². The number of rotatable bonds is 1. The van der Waals surface area contributed by atoms with Crippen molar-refractivity contribution >= 4 is 5.91 Å². The number of carbonyl (C=O) groups excluding carboxylic acids is 1. The van der Waals surface area contributed by atoms with E-state index in [9.17, 15) is 4.79 Å². The molecule has 2 saturated heterocycles. The second-order valence-corrected chi connectivity index (χ2v) is 4.03. The van der Waals surface area contributed by atoms with Gasteiger partial charge in [-0.05, 0) is 32.2 Å². The zero-order valence-electron chi connectivity index (χ0n) is 8.09. The molecule has 2 fully saturated rings. The molecule has 0 aromatic carbocycles. The zero-order chi connectivity index (χ0) is 9.10. The van der Waals surface area contributed by atoms with Crippen molar-refractivity contribution < 1.29 is 4.79 Å². The number of nitrogens with zero attached hydrogens (tertiary/aromatic N) is 1. The van der Waals surface area contributed by atoms with Gasteiger partial charge in [0.05, 0.1) is 6.04 Å². The molecule has 1 amide bonds. The first-order valence-corrected chi connectivity index (χ1v) is 5.40. The van der Waals surface area contributed by atoms with Crippen molar-refractivity contribution in [1.82, 2.24) is 10.2 Å². The van der Waals surface area contributed by atoms with E-state index in [1.807, 2.05) is 4.90 Å². The largest absolute Gasteiger partial charge is 0.341 e. The van der Waals surface area contributed by atoms with Gasteiger partial charge in [-0.1, -0.05) is 6.42 Å². The van der Waals surface area contributed by atoms with Crippen LogP contribution in [0.3, 0.4) is 0 Å². The number of nitrogens with one attached hydrogen (secondary N) is 1. The molecule has 0 radical (unpaired) electrons. The highest BCUT2D eigenvalue weighted by Crippen LogP contribution is 2.14. The summed E-state index contributed by atoms with van der Waals surface area (Å²) in [6.45, 7) is 2.98. The van der Waals surface area contributed by atoms with Gasteiger partial charge < -0.3 is 10.2 Å². The number of hydrogen-bond donors (Lipinski definition) is 1. The van der Waals surface area contributed by atoms with Crippen molar-refractivity contribution in [3.05, 3.63) is 0 Å². The van der Waals surface area contributed by atoms with Crippen LogP contribution in [0.1, 0.15) is 32.1 Å². The van der Waals surface area contributed by atoms with Crippen molar-refractivity contribution in [2.45, 2.75) is 38.1 Å². The van der Waals surface area contributed by atoms with E-state index in [4.69, 9.17) is 0 Å². The third kappa shape index (κ3) is 2.02. The molecular formula is C10H18N2O. The lowest BCUT2D eigenvalue weighted by Crippen LogP contribution is -2.47. The Labute approximate surface area is 79.5 Å². The van der Waals surface area contributed by atoms with E-state index < -0.39 is 0 Å². The molecule has 0 unspecified atom stereocenters. The SMILES string of the molecule is O=C([C@H]1CCCCN1)N1CCCC1. The standard InChI is InChI=1S/C10H18N2O/c13-10(12-7-3-4-8-12)9-5-1-2-6-11-9/h9,11H,1-8H2/t9-/m1/s1. The Morgan fingerprint density at radius 2 is 1.92 bits per heavy atom. The van der Waals surface area contributed by atoms with Crippen LogP contribution in [0.25, 0.3) is 0 Å². The molecule has 13 heavy (non-hydrogen) atoms. The fraction of sp³-hybridized carbons (Fsp3) is 0.900. The number of amides is 1. The van der Waals surface area contributed by atoms with Crippen LogP contribution in [0.4, 0.5) is 0 Å². The second kappa shape index (κ2) is 4.09. The van der Waals surface area contributed by atoms with Crippen LogP contribution in [0.15, 0.2) is 0 Å². The predicted molar refractivity (Wildman–Crippen MR) is 51.5 cm³/mol. The average Bonchev–Trinajstić information content (AvgIpc) is 2.71. The molecule has 0 aromatic heterocycles.